The molecule has 1 aromatic carbocycles. The quantitative estimate of drug-likeness (QED) is 0.588. The summed E-state index contributed by atoms with van der Waals surface area (Å²) >= 11 is 0. The van der Waals surface area contributed by atoms with Crippen LogP contribution in [0.4, 0.5) is 11.4 Å². The molecule has 1 heterocycles. The summed E-state index contributed by atoms with van der Waals surface area (Å²) in [6.07, 6.45) is -1.63. The minimum absolute atomic E-state index is 0.0594. The lowest BCUT2D eigenvalue weighted by Gasteiger charge is -2.20. The van der Waals surface area contributed by atoms with Crippen molar-refractivity contribution in [2.45, 2.75) is 12.2 Å². The summed E-state index contributed by atoms with van der Waals surface area (Å²) in [5.74, 6) is 0.352. The van der Waals surface area contributed by atoms with Crippen LogP contribution in [-0.4, -0.2) is 47.5 Å². The highest BCUT2D eigenvalue weighted by Crippen LogP contribution is 2.34. The molecule has 7 heteroatoms. The molecule has 0 aliphatic carbocycles. The van der Waals surface area contributed by atoms with Gasteiger partial charge in [-0.15, -0.1) is 0 Å². The van der Waals surface area contributed by atoms with Gasteiger partial charge >= 0.3 is 0 Å². The Balaban J connectivity index is 2.31. The van der Waals surface area contributed by atoms with E-state index in [9.17, 15) is 20.3 Å². The maximum Gasteiger partial charge on any atom is 0.273 e. The number of ether oxygens (including phenoxy) is 1. The van der Waals surface area contributed by atoms with E-state index in [1.54, 1.807) is 11.0 Å². The maximum absolute atomic E-state index is 10.7. The van der Waals surface area contributed by atoms with Gasteiger partial charge in [-0.3, -0.25) is 10.1 Å². The molecular formula is C11H14N2O5. The normalized spacial score (nSPS) is 23.2. The first kappa shape index (κ1) is 12.6. The molecule has 1 aliphatic rings. The minimum Gasteiger partial charge on any atom is -0.494 e. The first-order valence-electron chi connectivity index (χ1n) is 5.46. The number of hydrogen-bond donors (Lipinski definition) is 2. The van der Waals surface area contributed by atoms with Crippen molar-refractivity contribution in [3.05, 3.63) is 28.3 Å². The zero-order valence-corrected chi connectivity index (χ0v) is 9.81. The number of benzene rings is 1. The van der Waals surface area contributed by atoms with Gasteiger partial charge in [0.1, 0.15) is 5.75 Å². The van der Waals surface area contributed by atoms with Crippen molar-refractivity contribution in [3.8, 4) is 5.75 Å². The monoisotopic (exact) mass is 254 g/mol. The Morgan fingerprint density at radius 3 is 2.50 bits per heavy atom. The van der Waals surface area contributed by atoms with E-state index in [2.05, 4.69) is 0 Å². The second-order valence-electron chi connectivity index (χ2n) is 4.15. The maximum atomic E-state index is 10.7. The van der Waals surface area contributed by atoms with Crippen LogP contribution in [0.5, 0.6) is 5.75 Å². The molecule has 0 bridgehead atoms. The van der Waals surface area contributed by atoms with Crippen molar-refractivity contribution >= 4 is 11.4 Å². The smallest absolute Gasteiger partial charge is 0.273 e. The number of aliphatic hydroxyl groups excluding tert-OH is 2. The van der Waals surface area contributed by atoms with Crippen LogP contribution in [-0.2, 0) is 0 Å². The number of anilines is 1. The molecule has 7 nitrogen and oxygen atoms in total. The number of hydrogen-bond acceptors (Lipinski definition) is 6. The fourth-order valence-corrected chi connectivity index (χ4v) is 2.01. The molecule has 0 unspecified atom stereocenters. The highest BCUT2D eigenvalue weighted by molar-refractivity contribution is 5.63. The summed E-state index contributed by atoms with van der Waals surface area (Å²) in [4.78, 5) is 11.9. The number of aliphatic hydroxyl groups is 2. The third-order valence-corrected chi connectivity index (χ3v) is 2.97. The Bertz CT molecular complexity index is 455. The van der Waals surface area contributed by atoms with Crippen molar-refractivity contribution in [2.24, 2.45) is 0 Å². The molecule has 2 atom stereocenters. The number of rotatable bonds is 3. The SMILES string of the molecule is COc1cc([N+](=O)[O-])ccc1N1C[C@@H](O)[C@@H](O)C1. The highest BCUT2D eigenvalue weighted by Gasteiger charge is 2.31. The number of β-amino-alcohol motifs (C(OH)–C–C–N with tert-alkyl or cyclic N) is 2. The topological polar surface area (TPSA) is 96.1 Å². The van der Waals surface area contributed by atoms with Gasteiger partial charge in [-0.25, -0.2) is 0 Å². The third-order valence-electron chi connectivity index (χ3n) is 2.97. The molecule has 0 aromatic heterocycles. The van der Waals surface area contributed by atoms with E-state index in [0.29, 0.717) is 11.4 Å². The molecule has 1 fully saturated rings. The van der Waals surface area contributed by atoms with Crippen LogP contribution in [0.3, 0.4) is 0 Å². The van der Waals surface area contributed by atoms with Crippen LogP contribution in [0.15, 0.2) is 18.2 Å². The van der Waals surface area contributed by atoms with Crippen molar-refractivity contribution in [1.82, 2.24) is 0 Å². The Morgan fingerprint density at radius 2 is 2.00 bits per heavy atom. The lowest BCUT2D eigenvalue weighted by atomic mass is 10.2. The molecule has 1 aliphatic heterocycles. The van der Waals surface area contributed by atoms with Gasteiger partial charge in [0.15, 0.2) is 0 Å². The van der Waals surface area contributed by atoms with E-state index >= 15 is 0 Å². The van der Waals surface area contributed by atoms with E-state index < -0.39 is 17.1 Å². The molecule has 0 spiro atoms. The molecule has 0 amide bonds. The molecule has 0 saturated carbocycles. The zero-order valence-electron chi connectivity index (χ0n) is 9.81. The summed E-state index contributed by atoms with van der Waals surface area (Å²) in [6.45, 7) is 0.546. The summed E-state index contributed by atoms with van der Waals surface area (Å²) in [7, 11) is 1.42. The van der Waals surface area contributed by atoms with Crippen molar-refractivity contribution < 1.29 is 19.9 Å². The fraction of sp³-hybridized carbons (Fsp3) is 0.455. The van der Waals surface area contributed by atoms with Gasteiger partial charge in [0, 0.05) is 19.2 Å². The van der Waals surface area contributed by atoms with Gasteiger partial charge in [0.25, 0.3) is 5.69 Å². The predicted octanol–water partition coefficient (Wildman–Crippen LogP) is 0.145. The molecule has 2 N–H and O–H groups in total. The lowest BCUT2D eigenvalue weighted by Crippen LogP contribution is -2.22. The van der Waals surface area contributed by atoms with Gasteiger partial charge in [-0.05, 0) is 6.07 Å². The lowest BCUT2D eigenvalue weighted by molar-refractivity contribution is -0.384. The number of nitro benzene ring substituents is 1. The Hall–Kier alpha value is -1.86. The number of nitro groups is 1. The zero-order chi connectivity index (χ0) is 13.3. The van der Waals surface area contributed by atoms with E-state index in [1.165, 1.54) is 19.2 Å². The average Bonchev–Trinajstić information content (AvgIpc) is 2.68. The van der Waals surface area contributed by atoms with Crippen molar-refractivity contribution in [2.75, 3.05) is 25.1 Å². The van der Waals surface area contributed by atoms with Crippen LogP contribution in [0.2, 0.25) is 0 Å². The summed E-state index contributed by atoms with van der Waals surface area (Å²) < 4.78 is 5.11. The van der Waals surface area contributed by atoms with E-state index in [1.807, 2.05) is 0 Å². The molecule has 18 heavy (non-hydrogen) atoms. The Morgan fingerprint density at radius 1 is 1.39 bits per heavy atom. The first-order valence-corrected chi connectivity index (χ1v) is 5.46. The van der Waals surface area contributed by atoms with Gasteiger partial charge in [0.05, 0.1) is 36.0 Å². The first-order chi connectivity index (χ1) is 8.52. The molecule has 0 radical (unpaired) electrons. The average molecular weight is 254 g/mol. The highest BCUT2D eigenvalue weighted by atomic mass is 16.6. The van der Waals surface area contributed by atoms with E-state index in [-0.39, 0.29) is 18.8 Å². The van der Waals surface area contributed by atoms with Gasteiger partial charge in [0.2, 0.25) is 0 Å². The van der Waals surface area contributed by atoms with Crippen LogP contribution in [0.1, 0.15) is 0 Å². The fourth-order valence-electron chi connectivity index (χ4n) is 2.01. The van der Waals surface area contributed by atoms with Crippen LogP contribution >= 0.6 is 0 Å². The standard InChI is InChI=1S/C11H14N2O5/c1-18-11-4-7(13(16)17)2-3-8(11)12-5-9(14)10(15)6-12/h2-4,9-10,14-15H,5-6H2,1H3/t9-,10+. The molecule has 1 saturated heterocycles. The van der Waals surface area contributed by atoms with Crippen LogP contribution in [0, 0.1) is 10.1 Å². The van der Waals surface area contributed by atoms with Gasteiger partial charge in [-0.2, -0.15) is 0 Å². The van der Waals surface area contributed by atoms with Crippen molar-refractivity contribution in [3.63, 3.8) is 0 Å². The second kappa shape index (κ2) is 4.79. The van der Waals surface area contributed by atoms with E-state index in [4.69, 9.17) is 4.74 Å². The largest absolute Gasteiger partial charge is 0.494 e. The van der Waals surface area contributed by atoms with Crippen LogP contribution in [0.25, 0.3) is 0 Å². The third kappa shape index (κ3) is 2.22. The Kier molecular flexibility index (Phi) is 3.35. The summed E-state index contributed by atoms with van der Waals surface area (Å²) in [5.41, 5.74) is 0.564. The predicted molar refractivity (Wildman–Crippen MR) is 63.9 cm³/mol. The van der Waals surface area contributed by atoms with Gasteiger partial charge < -0.3 is 19.8 Å². The molecule has 2 rings (SSSR count). The minimum atomic E-state index is -0.815. The molecule has 1 aromatic rings. The number of nitrogens with zero attached hydrogens (tertiary/aromatic N) is 2. The van der Waals surface area contributed by atoms with Crippen LogP contribution < -0.4 is 9.64 Å². The second-order valence-corrected chi connectivity index (χ2v) is 4.15. The molecule has 98 valence electrons. The number of non-ortho nitro benzene ring substituents is 1. The van der Waals surface area contributed by atoms with Crippen molar-refractivity contribution in [1.29, 1.82) is 0 Å². The number of methoxy groups -OCH3 is 1. The van der Waals surface area contributed by atoms with Gasteiger partial charge in [-0.1, -0.05) is 0 Å². The van der Waals surface area contributed by atoms with E-state index in [0.717, 1.165) is 0 Å². The summed E-state index contributed by atoms with van der Waals surface area (Å²) in [5, 5.41) is 29.7. The molecular weight excluding hydrogens is 240 g/mol. The summed E-state index contributed by atoms with van der Waals surface area (Å²) in [6, 6.07) is 4.25. The Labute approximate surface area is 103 Å².